The summed E-state index contributed by atoms with van der Waals surface area (Å²) in [6, 6.07) is 5.94. The molecule has 1 rings (SSSR count). The first-order valence-corrected chi connectivity index (χ1v) is 7.78. The summed E-state index contributed by atoms with van der Waals surface area (Å²) in [5.41, 5.74) is 7.60. The summed E-state index contributed by atoms with van der Waals surface area (Å²) in [5.74, 6) is 0.139. The third-order valence-corrected chi connectivity index (χ3v) is 3.65. The van der Waals surface area contributed by atoms with Gasteiger partial charge in [-0.3, -0.25) is 5.41 Å². The molecule has 106 valence electrons. The summed E-state index contributed by atoms with van der Waals surface area (Å²) >= 11 is 3.51. The summed E-state index contributed by atoms with van der Waals surface area (Å²) in [6.07, 6.45) is 4.67. The van der Waals surface area contributed by atoms with Crippen LogP contribution in [0.1, 0.15) is 45.1 Å². The van der Waals surface area contributed by atoms with Gasteiger partial charge in [-0.25, -0.2) is 0 Å². The SMILES string of the molecule is CCCCN(CCCC)c1cc(Br)ccc1C(=N)N. The zero-order valence-corrected chi connectivity index (χ0v) is 13.5. The lowest BCUT2D eigenvalue weighted by molar-refractivity contribution is 0.677. The number of hydrogen-bond donors (Lipinski definition) is 2. The summed E-state index contributed by atoms with van der Waals surface area (Å²) in [5, 5.41) is 7.73. The molecule has 0 saturated carbocycles. The minimum Gasteiger partial charge on any atom is -0.384 e. The average molecular weight is 326 g/mol. The van der Waals surface area contributed by atoms with Crippen LogP contribution in [-0.2, 0) is 0 Å². The van der Waals surface area contributed by atoms with E-state index in [1.807, 2.05) is 12.1 Å². The van der Waals surface area contributed by atoms with Gasteiger partial charge in [0.2, 0.25) is 0 Å². The molecule has 0 radical (unpaired) electrons. The molecule has 19 heavy (non-hydrogen) atoms. The van der Waals surface area contributed by atoms with Crippen LogP contribution < -0.4 is 10.6 Å². The lowest BCUT2D eigenvalue weighted by Crippen LogP contribution is -2.28. The van der Waals surface area contributed by atoms with Crippen molar-refractivity contribution in [3.63, 3.8) is 0 Å². The molecule has 0 spiro atoms. The van der Waals surface area contributed by atoms with E-state index in [1.54, 1.807) is 0 Å². The van der Waals surface area contributed by atoms with E-state index in [0.717, 1.165) is 41.7 Å². The van der Waals surface area contributed by atoms with E-state index in [1.165, 1.54) is 12.8 Å². The summed E-state index contributed by atoms with van der Waals surface area (Å²) in [7, 11) is 0. The van der Waals surface area contributed by atoms with Gasteiger partial charge < -0.3 is 10.6 Å². The van der Waals surface area contributed by atoms with Crippen molar-refractivity contribution in [1.29, 1.82) is 5.41 Å². The van der Waals surface area contributed by atoms with Crippen LogP contribution >= 0.6 is 15.9 Å². The van der Waals surface area contributed by atoms with Crippen molar-refractivity contribution in [2.24, 2.45) is 5.73 Å². The monoisotopic (exact) mass is 325 g/mol. The smallest absolute Gasteiger partial charge is 0.124 e. The van der Waals surface area contributed by atoms with Gasteiger partial charge in [0.25, 0.3) is 0 Å². The minimum absolute atomic E-state index is 0.139. The number of anilines is 1. The molecule has 0 aliphatic carbocycles. The minimum atomic E-state index is 0.139. The summed E-state index contributed by atoms with van der Waals surface area (Å²) in [4.78, 5) is 2.36. The van der Waals surface area contributed by atoms with Gasteiger partial charge in [0, 0.05) is 28.8 Å². The van der Waals surface area contributed by atoms with Gasteiger partial charge in [-0.05, 0) is 31.0 Å². The first kappa shape index (κ1) is 16.0. The van der Waals surface area contributed by atoms with Gasteiger partial charge in [-0.1, -0.05) is 42.6 Å². The molecule has 3 nitrogen and oxygen atoms in total. The Balaban J connectivity index is 3.03. The Morgan fingerprint density at radius 1 is 1.21 bits per heavy atom. The van der Waals surface area contributed by atoms with E-state index in [9.17, 15) is 0 Å². The van der Waals surface area contributed by atoms with Crippen molar-refractivity contribution in [2.45, 2.75) is 39.5 Å². The van der Waals surface area contributed by atoms with Gasteiger partial charge in [0.1, 0.15) is 5.84 Å². The topological polar surface area (TPSA) is 53.1 Å². The van der Waals surface area contributed by atoms with Crippen molar-refractivity contribution in [2.75, 3.05) is 18.0 Å². The van der Waals surface area contributed by atoms with E-state index in [2.05, 4.69) is 40.7 Å². The van der Waals surface area contributed by atoms with E-state index in [0.29, 0.717) is 0 Å². The molecule has 0 aromatic heterocycles. The third kappa shape index (κ3) is 4.86. The molecule has 0 aliphatic heterocycles. The van der Waals surface area contributed by atoms with Gasteiger partial charge in [0.05, 0.1) is 0 Å². The van der Waals surface area contributed by atoms with Crippen molar-refractivity contribution >= 4 is 27.5 Å². The highest BCUT2D eigenvalue weighted by atomic mass is 79.9. The fraction of sp³-hybridized carbons (Fsp3) is 0.533. The Labute approximate surface area is 124 Å². The normalized spacial score (nSPS) is 10.5. The number of nitrogens with zero attached hydrogens (tertiary/aromatic N) is 1. The quantitative estimate of drug-likeness (QED) is 0.557. The molecule has 0 fully saturated rings. The number of rotatable bonds is 8. The van der Waals surface area contributed by atoms with Crippen LogP contribution in [0, 0.1) is 5.41 Å². The van der Waals surface area contributed by atoms with Gasteiger partial charge in [-0.15, -0.1) is 0 Å². The van der Waals surface area contributed by atoms with Gasteiger partial charge >= 0.3 is 0 Å². The Morgan fingerprint density at radius 3 is 2.26 bits per heavy atom. The van der Waals surface area contributed by atoms with Crippen molar-refractivity contribution in [3.05, 3.63) is 28.2 Å². The third-order valence-electron chi connectivity index (χ3n) is 3.15. The first-order valence-electron chi connectivity index (χ1n) is 6.99. The van der Waals surface area contributed by atoms with Crippen LogP contribution in [0.2, 0.25) is 0 Å². The van der Waals surface area contributed by atoms with Crippen LogP contribution in [0.25, 0.3) is 0 Å². The Morgan fingerprint density at radius 2 is 1.79 bits per heavy atom. The second-order valence-electron chi connectivity index (χ2n) is 4.77. The fourth-order valence-corrected chi connectivity index (χ4v) is 2.39. The maximum absolute atomic E-state index is 7.73. The number of unbranched alkanes of at least 4 members (excludes halogenated alkanes) is 2. The number of halogens is 1. The summed E-state index contributed by atoms with van der Waals surface area (Å²) < 4.78 is 1.03. The first-order chi connectivity index (χ1) is 9.10. The molecule has 1 aromatic rings. The largest absolute Gasteiger partial charge is 0.384 e. The fourth-order valence-electron chi connectivity index (χ4n) is 2.04. The highest BCUT2D eigenvalue weighted by Crippen LogP contribution is 2.26. The molecule has 0 bridgehead atoms. The predicted octanol–water partition coefficient (Wildman–Crippen LogP) is 4.14. The highest BCUT2D eigenvalue weighted by Gasteiger charge is 2.13. The van der Waals surface area contributed by atoms with E-state index in [-0.39, 0.29) is 5.84 Å². The van der Waals surface area contributed by atoms with Crippen LogP contribution in [-0.4, -0.2) is 18.9 Å². The van der Waals surface area contributed by atoms with E-state index < -0.39 is 0 Å². The molecule has 0 amide bonds. The zero-order valence-electron chi connectivity index (χ0n) is 11.9. The molecule has 0 unspecified atom stereocenters. The molecular formula is C15H24BrN3. The average Bonchev–Trinajstić information content (AvgIpc) is 2.38. The number of nitrogens with two attached hydrogens (primary N) is 1. The van der Waals surface area contributed by atoms with Crippen molar-refractivity contribution in [3.8, 4) is 0 Å². The molecule has 0 atom stereocenters. The lowest BCUT2D eigenvalue weighted by Gasteiger charge is -2.27. The number of nitrogens with one attached hydrogen (secondary N) is 1. The van der Waals surface area contributed by atoms with E-state index >= 15 is 0 Å². The number of nitrogen functional groups attached to an aromatic ring is 1. The van der Waals surface area contributed by atoms with Crippen LogP contribution in [0.4, 0.5) is 5.69 Å². The standard InChI is InChI=1S/C15H24BrN3/c1-3-5-9-19(10-6-4-2)14-11-12(16)7-8-13(14)15(17)18/h7-8,11H,3-6,9-10H2,1-2H3,(H3,17,18). The number of benzene rings is 1. The Bertz CT molecular complexity index is 410. The molecule has 3 N–H and O–H groups in total. The molecule has 0 aliphatic rings. The predicted molar refractivity (Wildman–Crippen MR) is 87.2 cm³/mol. The Kier molecular flexibility index (Phi) is 6.92. The van der Waals surface area contributed by atoms with Gasteiger partial charge in [0.15, 0.2) is 0 Å². The van der Waals surface area contributed by atoms with Gasteiger partial charge in [-0.2, -0.15) is 0 Å². The maximum Gasteiger partial charge on any atom is 0.124 e. The van der Waals surface area contributed by atoms with E-state index in [4.69, 9.17) is 11.1 Å². The van der Waals surface area contributed by atoms with Crippen LogP contribution in [0.3, 0.4) is 0 Å². The number of hydrogen-bond acceptors (Lipinski definition) is 2. The molecule has 1 aromatic carbocycles. The lowest BCUT2D eigenvalue weighted by atomic mass is 10.1. The van der Waals surface area contributed by atoms with Crippen molar-refractivity contribution < 1.29 is 0 Å². The van der Waals surface area contributed by atoms with Crippen molar-refractivity contribution in [1.82, 2.24) is 0 Å². The molecule has 0 heterocycles. The zero-order chi connectivity index (χ0) is 14.3. The highest BCUT2D eigenvalue weighted by molar-refractivity contribution is 9.10. The van der Waals surface area contributed by atoms with Crippen LogP contribution in [0.15, 0.2) is 22.7 Å². The molecule has 0 saturated heterocycles. The second-order valence-corrected chi connectivity index (χ2v) is 5.68. The second kappa shape index (κ2) is 8.20. The maximum atomic E-state index is 7.73. The molecule has 4 heteroatoms. The molecular weight excluding hydrogens is 302 g/mol. The Hall–Kier alpha value is -1.03. The summed E-state index contributed by atoms with van der Waals surface area (Å²) in [6.45, 7) is 6.44. The van der Waals surface area contributed by atoms with Crippen LogP contribution in [0.5, 0.6) is 0 Å². The number of amidine groups is 1.